The maximum atomic E-state index is 12.4. The molecule has 0 bridgehead atoms. The summed E-state index contributed by atoms with van der Waals surface area (Å²) in [6, 6.07) is 5.27. The van der Waals surface area contributed by atoms with Gasteiger partial charge in [0.05, 0.1) is 17.5 Å². The minimum Gasteiger partial charge on any atom is -0.315 e. The molecule has 136 valence electrons. The second-order valence-electron chi connectivity index (χ2n) is 7.55. The van der Waals surface area contributed by atoms with Crippen LogP contribution in [0.3, 0.4) is 0 Å². The first kappa shape index (κ1) is 18.7. The van der Waals surface area contributed by atoms with E-state index in [9.17, 15) is 13.2 Å². The van der Waals surface area contributed by atoms with E-state index in [4.69, 9.17) is 11.6 Å². The van der Waals surface area contributed by atoms with Crippen molar-refractivity contribution in [1.82, 2.24) is 0 Å². The molecule has 2 saturated heterocycles. The molecule has 3 rings (SSSR count). The van der Waals surface area contributed by atoms with E-state index in [0.717, 1.165) is 11.3 Å². The van der Waals surface area contributed by atoms with Gasteiger partial charge in [-0.05, 0) is 24.6 Å². The molecule has 0 radical (unpaired) electrons. The number of sulfone groups is 1. The highest BCUT2D eigenvalue weighted by atomic mass is 35.5. The van der Waals surface area contributed by atoms with E-state index in [0.29, 0.717) is 10.2 Å². The average molecular weight is 401 g/mol. The number of anilines is 1. The fourth-order valence-electron chi connectivity index (χ4n) is 2.94. The van der Waals surface area contributed by atoms with E-state index in [1.54, 1.807) is 6.07 Å². The SMILES string of the molecule is Cc1ccc(Cl)cc1N1C(=NC(=O)C(C)(C)C)S[C@H]2CS(=O)(=O)C[C@@H]21. The van der Waals surface area contributed by atoms with Gasteiger partial charge in [-0.15, -0.1) is 0 Å². The van der Waals surface area contributed by atoms with Gasteiger partial charge in [-0.25, -0.2) is 8.42 Å². The van der Waals surface area contributed by atoms with Gasteiger partial charge in [-0.3, -0.25) is 4.79 Å². The summed E-state index contributed by atoms with van der Waals surface area (Å²) in [5.74, 6) is -0.0388. The fraction of sp³-hybridized carbons (Fsp3) is 0.529. The zero-order valence-corrected chi connectivity index (χ0v) is 17.0. The zero-order chi connectivity index (χ0) is 18.6. The molecule has 2 heterocycles. The van der Waals surface area contributed by atoms with Gasteiger partial charge in [0.25, 0.3) is 5.91 Å². The lowest BCUT2D eigenvalue weighted by Crippen LogP contribution is -2.38. The van der Waals surface area contributed by atoms with Crippen LogP contribution in [0.15, 0.2) is 23.2 Å². The van der Waals surface area contributed by atoms with Crippen molar-refractivity contribution >= 4 is 50.0 Å². The van der Waals surface area contributed by atoms with Crippen LogP contribution >= 0.6 is 23.4 Å². The topological polar surface area (TPSA) is 66.8 Å². The van der Waals surface area contributed by atoms with Crippen LogP contribution in [0.4, 0.5) is 5.69 Å². The highest BCUT2D eigenvalue weighted by Crippen LogP contribution is 2.42. The Kier molecular flexibility index (Phi) is 4.71. The standard InChI is InChI=1S/C17H21ClN2O3S2/c1-10-5-6-11(18)7-12(10)20-13-8-25(22,23)9-14(13)24-16(20)19-15(21)17(2,3)4/h5-7,13-14H,8-9H2,1-4H3/t13-,14-/m0/s1. The van der Waals surface area contributed by atoms with Crippen LogP contribution in [0.25, 0.3) is 0 Å². The molecule has 1 aromatic rings. The maximum Gasteiger partial charge on any atom is 0.253 e. The van der Waals surface area contributed by atoms with E-state index < -0.39 is 15.3 Å². The largest absolute Gasteiger partial charge is 0.315 e. The van der Waals surface area contributed by atoms with E-state index in [2.05, 4.69) is 4.99 Å². The van der Waals surface area contributed by atoms with Crippen molar-refractivity contribution in [3.63, 3.8) is 0 Å². The van der Waals surface area contributed by atoms with Gasteiger partial charge in [0.1, 0.15) is 0 Å². The number of aryl methyl sites for hydroxylation is 1. The predicted molar refractivity (Wildman–Crippen MR) is 104 cm³/mol. The van der Waals surface area contributed by atoms with Crippen molar-refractivity contribution in [3.8, 4) is 0 Å². The second-order valence-corrected chi connectivity index (χ2v) is 11.3. The third-order valence-corrected chi connectivity index (χ3v) is 7.78. The first-order chi connectivity index (χ1) is 11.5. The summed E-state index contributed by atoms with van der Waals surface area (Å²) in [6.07, 6.45) is 0. The molecule has 0 N–H and O–H groups in total. The number of carbonyl (C=O) groups excluding carboxylic acids is 1. The number of nitrogens with zero attached hydrogens (tertiary/aromatic N) is 2. The number of amides is 1. The van der Waals surface area contributed by atoms with Crippen molar-refractivity contribution in [2.24, 2.45) is 10.4 Å². The van der Waals surface area contributed by atoms with Crippen molar-refractivity contribution in [2.75, 3.05) is 16.4 Å². The Bertz CT molecular complexity index is 859. The molecule has 25 heavy (non-hydrogen) atoms. The number of aliphatic imine (C=N–C) groups is 1. The van der Waals surface area contributed by atoms with Gasteiger partial charge in [0, 0.05) is 21.4 Å². The van der Waals surface area contributed by atoms with Crippen LogP contribution in [0.5, 0.6) is 0 Å². The lowest BCUT2D eigenvalue weighted by atomic mass is 9.96. The van der Waals surface area contributed by atoms with Crippen LogP contribution in [0.2, 0.25) is 5.02 Å². The molecule has 0 unspecified atom stereocenters. The predicted octanol–water partition coefficient (Wildman–Crippen LogP) is 3.30. The molecule has 2 aliphatic rings. The molecular formula is C17H21ClN2O3S2. The Balaban J connectivity index is 2.09. The Labute approximate surface area is 157 Å². The number of carbonyl (C=O) groups is 1. The van der Waals surface area contributed by atoms with Gasteiger partial charge in [-0.1, -0.05) is 50.2 Å². The van der Waals surface area contributed by atoms with Gasteiger partial charge < -0.3 is 4.90 Å². The zero-order valence-electron chi connectivity index (χ0n) is 14.6. The first-order valence-electron chi connectivity index (χ1n) is 8.03. The molecule has 0 aromatic heterocycles. The summed E-state index contributed by atoms with van der Waals surface area (Å²) in [7, 11) is -3.09. The quantitative estimate of drug-likeness (QED) is 0.723. The van der Waals surface area contributed by atoms with Gasteiger partial charge >= 0.3 is 0 Å². The minimum absolute atomic E-state index is 0.0688. The molecule has 0 aliphatic carbocycles. The normalized spacial score (nSPS) is 26.9. The molecule has 0 spiro atoms. The number of thioether (sulfide) groups is 1. The van der Waals surface area contributed by atoms with Crippen molar-refractivity contribution < 1.29 is 13.2 Å². The van der Waals surface area contributed by atoms with E-state index in [1.165, 1.54) is 11.8 Å². The van der Waals surface area contributed by atoms with Crippen LogP contribution in [0, 0.1) is 12.3 Å². The molecule has 1 aromatic carbocycles. The van der Waals surface area contributed by atoms with Crippen LogP contribution in [0.1, 0.15) is 26.3 Å². The van der Waals surface area contributed by atoms with Crippen LogP contribution in [-0.4, -0.2) is 42.3 Å². The van der Waals surface area contributed by atoms with E-state index >= 15 is 0 Å². The average Bonchev–Trinajstić information content (AvgIpc) is 2.92. The van der Waals surface area contributed by atoms with Gasteiger partial charge in [0.2, 0.25) is 0 Å². The van der Waals surface area contributed by atoms with Crippen LogP contribution < -0.4 is 4.90 Å². The highest BCUT2D eigenvalue weighted by molar-refractivity contribution is 8.16. The fourth-order valence-corrected chi connectivity index (χ4v) is 7.01. The maximum absolute atomic E-state index is 12.4. The summed E-state index contributed by atoms with van der Waals surface area (Å²) in [5.41, 5.74) is 1.18. The summed E-state index contributed by atoms with van der Waals surface area (Å²) >= 11 is 7.54. The number of fused-ring (bicyclic) bond motifs is 1. The lowest BCUT2D eigenvalue weighted by Gasteiger charge is -2.27. The minimum atomic E-state index is -3.09. The Hall–Kier alpha value is -1.05. The number of benzene rings is 1. The van der Waals surface area contributed by atoms with Crippen molar-refractivity contribution in [3.05, 3.63) is 28.8 Å². The summed E-state index contributed by atoms with van der Waals surface area (Å²) in [4.78, 5) is 18.7. The Morgan fingerprint density at radius 1 is 1.32 bits per heavy atom. The van der Waals surface area contributed by atoms with Gasteiger partial charge in [-0.2, -0.15) is 4.99 Å². The van der Waals surface area contributed by atoms with Crippen molar-refractivity contribution in [2.45, 2.75) is 39.0 Å². The molecule has 5 nitrogen and oxygen atoms in total. The number of hydrogen-bond acceptors (Lipinski definition) is 4. The van der Waals surface area contributed by atoms with E-state index in [-0.39, 0.29) is 28.7 Å². The number of rotatable bonds is 1. The Morgan fingerprint density at radius 3 is 2.64 bits per heavy atom. The smallest absolute Gasteiger partial charge is 0.253 e. The van der Waals surface area contributed by atoms with Crippen molar-refractivity contribution in [1.29, 1.82) is 0 Å². The molecule has 2 fully saturated rings. The molecule has 0 saturated carbocycles. The third-order valence-electron chi connectivity index (χ3n) is 4.34. The number of halogens is 1. The summed E-state index contributed by atoms with van der Waals surface area (Å²) in [6.45, 7) is 7.40. The monoisotopic (exact) mass is 400 g/mol. The highest BCUT2D eigenvalue weighted by Gasteiger charge is 2.49. The summed E-state index contributed by atoms with van der Waals surface area (Å²) < 4.78 is 24.2. The molecule has 1 amide bonds. The van der Waals surface area contributed by atoms with E-state index in [1.807, 2.05) is 44.7 Å². The molecular weight excluding hydrogens is 380 g/mol. The summed E-state index contributed by atoms with van der Waals surface area (Å²) in [5, 5.41) is 1.02. The Morgan fingerprint density at radius 2 is 2.00 bits per heavy atom. The second kappa shape index (κ2) is 6.28. The number of hydrogen-bond donors (Lipinski definition) is 0. The molecule has 2 atom stereocenters. The first-order valence-corrected chi connectivity index (χ1v) is 11.1. The third kappa shape index (κ3) is 3.73. The van der Waals surface area contributed by atoms with Gasteiger partial charge in [0.15, 0.2) is 15.0 Å². The molecule has 8 heteroatoms. The molecule has 2 aliphatic heterocycles. The van der Waals surface area contributed by atoms with Crippen LogP contribution in [-0.2, 0) is 14.6 Å². The number of amidine groups is 1. The lowest BCUT2D eigenvalue weighted by molar-refractivity contribution is -0.124.